The first-order valence-corrected chi connectivity index (χ1v) is 10.5. The number of nitrogens with zero attached hydrogens (tertiary/aromatic N) is 1. The Balaban J connectivity index is 1.92. The number of ether oxygens (including phenoxy) is 3. The number of rotatable bonds is 7. The van der Waals surface area contributed by atoms with Crippen LogP contribution in [-0.2, 0) is 20.7 Å². The Morgan fingerprint density at radius 2 is 1.75 bits per heavy atom. The van der Waals surface area contributed by atoms with Gasteiger partial charge in [-0.1, -0.05) is 35.3 Å². The van der Waals surface area contributed by atoms with Crippen LogP contribution in [-0.4, -0.2) is 44.7 Å². The lowest BCUT2D eigenvalue weighted by atomic mass is 10.0. The van der Waals surface area contributed by atoms with Crippen molar-refractivity contribution in [3.05, 3.63) is 74.4 Å². The lowest BCUT2D eigenvalue weighted by Crippen LogP contribution is -2.27. The molecule has 1 aliphatic rings. The largest absolute Gasteiger partial charge is 0.493 e. The minimum Gasteiger partial charge on any atom is -0.493 e. The molecule has 0 bridgehead atoms. The van der Waals surface area contributed by atoms with Crippen LogP contribution in [0.3, 0.4) is 0 Å². The van der Waals surface area contributed by atoms with E-state index in [2.05, 4.69) is 0 Å². The molecule has 0 unspecified atom stereocenters. The number of esters is 1. The third-order valence-electron chi connectivity index (χ3n) is 5.24. The number of hydrogen-bond donors (Lipinski definition) is 0. The monoisotopic (exact) mass is 475 g/mol. The number of carbonyl (C=O) groups excluding carboxylic acids is 2. The Hall–Kier alpha value is -2.96. The second-order valence-electron chi connectivity index (χ2n) is 7.07. The normalized spacial score (nSPS) is 14.9. The van der Waals surface area contributed by atoms with Gasteiger partial charge >= 0.3 is 5.97 Å². The van der Waals surface area contributed by atoms with Crippen LogP contribution in [0.4, 0.5) is 0 Å². The molecule has 0 aliphatic carbocycles. The van der Waals surface area contributed by atoms with Gasteiger partial charge in [-0.2, -0.15) is 0 Å². The molecule has 0 aromatic heterocycles. The van der Waals surface area contributed by atoms with Gasteiger partial charge in [-0.15, -0.1) is 0 Å². The van der Waals surface area contributed by atoms with Crippen LogP contribution in [0.15, 0.2) is 53.2 Å². The van der Waals surface area contributed by atoms with Gasteiger partial charge in [0.15, 0.2) is 11.5 Å². The first-order valence-electron chi connectivity index (χ1n) is 9.79. The van der Waals surface area contributed by atoms with Crippen molar-refractivity contribution in [3.63, 3.8) is 0 Å². The van der Waals surface area contributed by atoms with Crippen molar-refractivity contribution in [2.75, 3.05) is 27.9 Å². The van der Waals surface area contributed by atoms with E-state index in [1.54, 1.807) is 50.3 Å². The van der Waals surface area contributed by atoms with Gasteiger partial charge in [0, 0.05) is 22.3 Å². The van der Waals surface area contributed by atoms with Crippen molar-refractivity contribution in [2.24, 2.45) is 0 Å². The van der Waals surface area contributed by atoms with Gasteiger partial charge in [0.05, 0.1) is 32.5 Å². The Bertz CT molecular complexity index is 1120. The number of methoxy groups -OCH3 is 3. The van der Waals surface area contributed by atoms with Crippen molar-refractivity contribution < 1.29 is 23.8 Å². The molecule has 0 spiro atoms. The molecule has 0 saturated carbocycles. The van der Waals surface area contributed by atoms with Crippen molar-refractivity contribution in [3.8, 4) is 11.5 Å². The zero-order valence-electron chi connectivity index (χ0n) is 18.2. The van der Waals surface area contributed by atoms with Gasteiger partial charge in [0.25, 0.3) is 5.91 Å². The van der Waals surface area contributed by atoms with Crippen LogP contribution in [0.1, 0.15) is 18.1 Å². The maximum Gasteiger partial charge on any atom is 0.340 e. The first-order chi connectivity index (χ1) is 15.3. The predicted octanol–water partition coefficient (Wildman–Crippen LogP) is 4.93. The highest BCUT2D eigenvalue weighted by Crippen LogP contribution is 2.34. The lowest BCUT2D eigenvalue weighted by Gasteiger charge is -2.18. The van der Waals surface area contributed by atoms with Gasteiger partial charge in [0.1, 0.15) is 0 Å². The molecular formula is C24H23Cl2NO5. The Kier molecular flexibility index (Phi) is 7.48. The summed E-state index contributed by atoms with van der Waals surface area (Å²) in [4.78, 5) is 27.3. The van der Waals surface area contributed by atoms with E-state index in [-0.39, 0.29) is 17.1 Å². The second kappa shape index (κ2) is 10.1. The summed E-state index contributed by atoms with van der Waals surface area (Å²) in [5.74, 6) is 0.357. The average Bonchev–Trinajstić information content (AvgIpc) is 3.02. The topological polar surface area (TPSA) is 65.1 Å². The van der Waals surface area contributed by atoms with Gasteiger partial charge in [-0.25, -0.2) is 4.79 Å². The number of benzene rings is 2. The van der Waals surface area contributed by atoms with Crippen molar-refractivity contribution >= 4 is 41.2 Å². The maximum absolute atomic E-state index is 13.3. The second-order valence-corrected chi connectivity index (χ2v) is 7.92. The molecule has 1 aliphatic heterocycles. The van der Waals surface area contributed by atoms with Gasteiger partial charge in [-0.3, -0.25) is 4.79 Å². The van der Waals surface area contributed by atoms with Gasteiger partial charge in [-0.05, 0) is 54.8 Å². The van der Waals surface area contributed by atoms with E-state index < -0.39 is 5.97 Å². The number of allylic oxidation sites excluding steroid dienone is 1. The highest BCUT2D eigenvalue weighted by atomic mass is 35.5. The first kappa shape index (κ1) is 23.7. The molecule has 8 heteroatoms. The molecule has 2 aromatic carbocycles. The van der Waals surface area contributed by atoms with E-state index in [4.69, 9.17) is 37.4 Å². The Labute approximate surface area is 197 Å². The summed E-state index contributed by atoms with van der Waals surface area (Å²) < 4.78 is 15.6. The molecule has 1 heterocycles. The maximum atomic E-state index is 13.3. The smallest absolute Gasteiger partial charge is 0.340 e. The summed E-state index contributed by atoms with van der Waals surface area (Å²) in [6.45, 7) is 2.09. The van der Waals surface area contributed by atoms with E-state index in [0.29, 0.717) is 45.8 Å². The quantitative estimate of drug-likeness (QED) is 0.419. The van der Waals surface area contributed by atoms with Crippen molar-refractivity contribution in [1.82, 2.24) is 4.90 Å². The molecular weight excluding hydrogens is 453 g/mol. The number of amides is 1. The molecule has 0 atom stereocenters. The average molecular weight is 476 g/mol. The number of halogens is 2. The molecule has 0 fully saturated rings. The van der Waals surface area contributed by atoms with E-state index >= 15 is 0 Å². The van der Waals surface area contributed by atoms with Crippen LogP contribution < -0.4 is 9.47 Å². The standard InChI is InChI=1S/C24H23Cl2NO5/c1-14-22(24(29)32-4)18(12-16-6-7-17(25)13-19(16)26)23(28)27(14)10-9-15-5-8-20(30-2)21(11-15)31-3/h5-8,11-13H,9-10H2,1-4H3/b18-12-. The Morgan fingerprint density at radius 1 is 1.03 bits per heavy atom. The molecule has 1 amide bonds. The predicted molar refractivity (Wildman–Crippen MR) is 124 cm³/mol. The van der Waals surface area contributed by atoms with E-state index in [9.17, 15) is 9.59 Å². The van der Waals surface area contributed by atoms with Crippen molar-refractivity contribution in [2.45, 2.75) is 13.3 Å². The highest BCUT2D eigenvalue weighted by Gasteiger charge is 2.36. The fourth-order valence-electron chi connectivity index (χ4n) is 3.55. The Morgan fingerprint density at radius 3 is 2.38 bits per heavy atom. The summed E-state index contributed by atoms with van der Waals surface area (Å²) in [6.07, 6.45) is 2.14. The summed E-state index contributed by atoms with van der Waals surface area (Å²) >= 11 is 12.2. The van der Waals surface area contributed by atoms with Gasteiger partial charge in [0.2, 0.25) is 0 Å². The molecule has 0 radical (unpaired) electrons. The van der Waals surface area contributed by atoms with E-state index in [1.807, 2.05) is 18.2 Å². The molecule has 32 heavy (non-hydrogen) atoms. The molecule has 6 nitrogen and oxygen atoms in total. The summed E-state index contributed by atoms with van der Waals surface area (Å²) in [5.41, 5.74) is 2.51. The van der Waals surface area contributed by atoms with Crippen LogP contribution >= 0.6 is 23.2 Å². The minimum absolute atomic E-state index is 0.218. The van der Waals surface area contributed by atoms with Crippen LogP contribution in [0.5, 0.6) is 11.5 Å². The van der Waals surface area contributed by atoms with Gasteiger partial charge < -0.3 is 19.1 Å². The molecule has 2 aromatic rings. The number of hydrogen-bond acceptors (Lipinski definition) is 5. The summed E-state index contributed by atoms with van der Waals surface area (Å²) in [6, 6.07) is 10.5. The van der Waals surface area contributed by atoms with Crippen LogP contribution in [0.2, 0.25) is 10.0 Å². The fourth-order valence-corrected chi connectivity index (χ4v) is 4.01. The third-order valence-corrected chi connectivity index (χ3v) is 5.80. The molecule has 168 valence electrons. The zero-order valence-corrected chi connectivity index (χ0v) is 19.7. The SMILES string of the molecule is COC(=O)C1=C(C)N(CCc2ccc(OC)c(OC)c2)C(=O)/C1=C\c1ccc(Cl)cc1Cl. The number of carbonyl (C=O) groups is 2. The molecule has 3 rings (SSSR count). The minimum atomic E-state index is -0.583. The molecule has 0 saturated heterocycles. The van der Waals surface area contributed by atoms with Crippen molar-refractivity contribution in [1.29, 1.82) is 0 Å². The van der Waals surface area contributed by atoms with E-state index in [1.165, 1.54) is 7.11 Å². The van der Waals surface area contributed by atoms with Crippen LogP contribution in [0, 0.1) is 0 Å². The molecule has 0 N–H and O–H groups in total. The summed E-state index contributed by atoms with van der Waals surface area (Å²) in [7, 11) is 4.43. The fraction of sp³-hybridized carbons (Fsp3) is 0.250. The zero-order chi connectivity index (χ0) is 23.4. The summed E-state index contributed by atoms with van der Waals surface area (Å²) in [5, 5.41) is 0.856. The third kappa shape index (κ3) is 4.76. The highest BCUT2D eigenvalue weighted by molar-refractivity contribution is 6.35. The van der Waals surface area contributed by atoms with Crippen LogP contribution in [0.25, 0.3) is 6.08 Å². The van der Waals surface area contributed by atoms with E-state index in [0.717, 1.165) is 5.56 Å². The lowest BCUT2D eigenvalue weighted by molar-refractivity contribution is -0.136.